The van der Waals surface area contributed by atoms with Gasteiger partial charge in [-0.1, -0.05) is 0 Å². The molecule has 0 aromatic carbocycles. The fraction of sp³-hybridized carbons (Fsp3) is 0.400. The lowest BCUT2D eigenvalue weighted by Gasteiger charge is -2.26. The highest BCUT2D eigenvalue weighted by molar-refractivity contribution is 9.10. The summed E-state index contributed by atoms with van der Waals surface area (Å²) in [6.07, 6.45) is 1.64. The van der Waals surface area contributed by atoms with Gasteiger partial charge in [-0.15, -0.1) is 0 Å². The molecule has 0 spiro atoms. The third-order valence-electron chi connectivity index (χ3n) is 2.28. The summed E-state index contributed by atoms with van der Waals surface area (Å²) >= 11 is 3.33. The number of rotatable bonds is 1. The van der Waals surface area contributed by atoms with Gasteiger partial charge in [0.05, 0.1) is 17.7 Å². The lowest BCUT2D eigenvalue weighted by Crippen LogP contribution is -2.43. The molecule has 0 atom stereocenters. The molecule has 2 rings (SSSR count). The number of amides is 2. The summed E-state index contributed by atoms with van der Waals surface area (Å²) in [6, 6.07) is 3.50. The lowest BCUT2D eigenvalue weighted by molar-refractivity contribution is 0.0564. The third kappa shape index (κ3) is 2.70. The minimum Gasteiger partial charge on any atom is -0.378 e. The van der Waals surface area contributed by atoms with Gasteiger partial charge in [0.15, 0.2) is 0 Å². The van der Waals surface area contributed by atoms with Crippen LogP contribution in [0, 0.1) is 0 Å². The van der Waals surface area contributed by atoms with E-state index in [9.17, 15) is 4.79 Å². The third-order valence-corrected chi connectivity index (χ3v) is 2.92. The van der Waals surface area contributed by atoms with Crippen molar-refractivity contribution in [2.45, 2.75) is 0 Å². The van der Waals surface area contributed by atoms with E-state index in [1.54, 1.807) is 17.2 Å². The van der Waals surface area contributed by atoms with Crippen LogP contribution < -0.4 is 5.32 Å². The van der Waals surface area contributed by atoms with Crippen LogP contribution in [-0.2, 0) is 4.74 Å². The maximum Gasteiger partial charge on any atom is 0.323 e. The number of halogens is 1. The molecule has 1 aromatic heterocycles. The van der Waals surface area contributed by atoms with Crippen molar-refractivity contribution in [2.24, 2.45) is 0 Å². The van der Waals surface area contributed by atoms with Crippen molar-refractivity contribution in [3.63, 3.8) is 0 Å². The predicted octanol–water partition coefficient (Wildman–Crippen LogP) is 1.71. The highest BCUT2D eigenvalue weighted by Crippen LogP contribution is 2.18. The smallest absolute Gasteiger partial charge is 0.323 e. The Hall–Kier alpha value is -1.14. The van der Waals surface area contributed by atoms with Crippen LogP contribution in [0.1, 0.15) is 0 Å². The zero-order chi connectivity index (χ0) is 11.4. The van der Waals surface area contributed by atoms with Crippen molar-refractivity contribution in [3.05, 3.63) is 22.8 Å². The SMILES string of the molecule is O=C(Nc1ncccc1Br)N1CCOCC1. The standard InChI is InChI=1S/C10H12BrN3O2/c11-8-2-1-3-12-9(8)13-10(15)14-4-6-16-7-5-14/h1-3H,4-7H2,(H,12,13,15). The number of pyridine rings is 1. The molecule has 16 heavy (non-hydrogen) atoms. The minimum absolute atomic E-state index is 0.136. The molecule has 1 N–H and O–H groups in total. The molecular formula is C10H12BrN3O2. The van der Waals surface area contributed by atoms with Gasteiger partial charge in [0.2, 0.25) is 0 Å². The molecule has 86 valence electrons. The molecule has 6 heteroatoms. The first-order valence-corrected chi connectivity index (χ1v) is 5.81. The maximum absolute atomic E-state index is 11.8. The van der Waals surface area contributed by atoms with E-state index in [2.05, 4.69) is 26.2 Å². The van der Waals surface area contributed by atoms with Crippen molar-refractivity contribution in [1.29, 1.82) is 0 Å². The molecule has 0 saturated carbocycles. The number of morpholine rings is 1. The number of anilines is 1. The topological polar surface area (TPSA) is 54.5 Å². The van der Waals surface area contributed by atoms with Gasteiger partial charge in [-0.2, -0.15) is 0 Å². The first-order chi connectivity index (χ1) is 7.77. The normalized spacial score (nSPS) is 15.9. The summed E-state index contributed by atoms with van der Waals surface area (Å²) in [4.78, 5) is 17.6. The van der Waals surface area contributed by atoms with Gasteiger partial charge in [0.1, 0.15) is 5.82 Å². The van der Waals surface area contributed by atoms with Gasteiger partial charge in [0.25, 0.3) is 0 Å². The number of aromatic nitrogens is 1. The second kappa shape index (κ2) is 5.27. The summed E-state index contributed by atoms with van der Waals surface area (Å²) in [5.74, 6) is 0.541. The molecule has 0 aliphatic carbocycles. The molecule has 1 saturated heterocycles. The van der Waals surface area contributed by atoms with E-state index in [1.807, 2.05) is 6.07 Å². The molecular weight excluding hydrogens is 274 g/mol. The number of carbonyl (C=O) groups is 1. The van der Waals surface area contributed by atoms with Crippen LogP contribution in [-0.4, -0.2) is 42.2 Å². The highest BCUT2D eigenvalue weighted by Gasteiger charge is 2.17. The fourth-order valence-corrected chi connectivity index (χ4v) is 1.78. The van der Waals surface area contributed by atoms with Gasteiger partial charge in [0, 0.05) is 19.3 Å². The van der Waals surface area contributed by atoms with Gasteiger partial charge >= 0.3 is 6.03 Å². The Morgan fingerprint density at radius 3 is 2.94 bits per heavy atom. The Balaban J connectivity index is 1.99. The van der Waals surface area contributed by atoms with Crippen molar-refractivity contribution >= 4 is 27.8 Å². The monoisotopic (exact) mass is 285 g/mol. The van der Waals surface area contributed by atoms with Crippen molar-refractivity contribution in [3.8, 4) is 0 Å². The number of carbonyl (C=O) groups excluding carboxylic acids is 1. The molecule has 1 aromatic rings. The molecule has 1 aliphatic heterocycles. The van der Waals surface area contributed by atoms with Crippen LogP contribution in [0.25, 0.3) is 0 Å². The quantitative estimate of drug-likeness (QED) is 0.855. The minimum atomic E-state index is -0.136. The Bertz CT molecular complexity index is 380. The van der Waals surface area contributed by atoms with Gasteiger partial charge in [-0.05, 0) is 28.1 Å². The van der Waals surface area contributed by atoms with Gasteiger partial charge in [-0.3, -0.25) is 5.32 Å². The van der Waals surface area contributed by atoms with Crippen LogP contribution in [0.2, 0.25) is 0 Å². The molecule has 5 nitrogen and oxygen atoms in total. The van der Waals surface area contributed by atoms with Crippen LogP contribution in [0.15, 0.2) is 22.8 Å². The van der Waals surface area contributed by atoms with Crippen LogP contribution in [0.3, 0.4) is 0 Å². The van der Waals surface area contributed by atoms with Crippen LogP contribution >= 0.6 is 15.9 Å². The number of urea groups is 1. The Morgan fingerprint density at radius 1 is 1.50 bits per heavy atom. The summed E-state index contributed by atoms with van der Waals surface area (Å²) < 4.78 is 5.95. The van der Waals surface area contributed by atoms with E-state index >= 15 is 0 Å². The van der Waals surface area contributed by atoms with E-state index < -0.39 is 0 Å². The first kappa shape index (κ1) is 11.3. The average molecular weight is 286 g/mol. The van der Waals surface area contributed by atoms with E-state index in [0.29, 0.717) is 32.1 Å². The predicted molar refractivity (Wildman–Crippen MR) is 63.3 cm³/mol. The second-order valence-electron chi connectivity index (χ2n) is 3.36. The lowest BCUT2D eigenvalue weighted by atomic mass is 10.4. The zero-order valence-corrected chi connectivity index (χ0v) is 10.2. The van der Waals surface area contributed by atoms with E-state index in [-0.39, 0.29) is 6.03 Å². The molecule has 1 aliphatic rings. The van der Waals surface area contributed by atoms with E-state index in [1.165, 1.54) is 0 Å². The molecule has 1 fully saturated rings. The van der Waals surface area contributed by atoms with Gasteiger partial charge < -0.3 is 9.64 Å². The van der Waals surface area contributed by atoms with Crippen molar-refractivity contribution in [1.82, 2.24) is 9.88 Å². The fourth-order valence-electron chi connectivity index (χ4n) is 1.42. The summed E-state index contributed by atoms with van der Waals surface area (Å²) in [5, 5.41) is 2.75. The summed E-state index contributed by atoms with van der Waals surface area (Å²) in [7, 11) is 0. The van der Waals surface area contributed by atoms with E-state index in [4.69, 9.17) is 4.74 Å². The van der Waals surface area contributed by atoms with Crippen LogP contribution in [0.4, 0.5) is 10.6 Å². The zero-order valence-electron chi connectivity index (χ0n) is 8.65. The molecule has 0 bridgehead atoms. The Labute approximate surface area is 102 Å². The van der Waals surface area contributed by atoms with E-state index in [0.717, 1.165) is 4.47 Å². The number of nitrogens with one attached hydrogen (secondary N) is 1. The first-order valence-electron chi connectivity index (χ1n) is 5.01. The number of ether oxygens (including phenoxy) is 1. The van der Waals surface area contributed by atoms with Gasteiger partial charge in [-0.25, -0.2) is 9.78 Å². The van der Waals surface area contributed by atoms with Crippen molar-refractivity contribution < 1.29 is 9.53 Å². The Kier molecular flexibility index (Phi) is 3.74. The maximum atomic E-state index is 11.8. The number of hydrogen-bond donors (Lipinski definition) is 1. The summed E-state index contributed by atoms with van der Waals surface area (Å²) in [6.45, 7) is 2.43. The van der Waals surface area contributed by atoms with Crippen LogP contribution in [0.5, 0.6) is 0 Å². The highest BCUT2D eigenvalue weighted by atomic mass is 79.9. The number of hydrogen-bond acceptors (Lipinski definition) is 3. The molecule has 2 heterocycles. The molecule has 0 unspecified atom stereocenters. The summed E-state index contributed by atoms with van der Waals surface area (Å²) in [5.41, 5.74) is 0. The second-order valence-corrected chi connectivity index (χ2v) is 4.22. The molecule has 2 amide bonds. The Morgan fingerprint density at radius 2 is 2.25 bits per heavy atom. The average Bonchev–Trinajstić information content (AvgIpc) is 2.33. The van der Waals surface area contributed by atoms with Crippen molar-refractivity contribution in [2.75, 3.05) is 31.6 Å². The number of nitrogens with zero attached hydrogens (tertiary/aromatic N) is 2. The molecule has 0 radical (unpaired) electrons. The largest absolute Gasteiger partial charge is 0.378 e.